The monoisotopic (exact) mass is 231 g/mol. The second-order valence-corrected chi connectivity index (χ2v) is 5.58. The van der Waals surface area contributed by atoms with Crippen molar-refractivity contribution in [3.05, 3.63) is 0 Å². The normalized spacial score (nSPS) is 30.3. The lowest BCUT2D eigenvalue weighted by molar-refractivity contribution is -0.130. The van der Waals surface area contributed by atoms with Crippen LogP contribution in [0.5, 0.6) is 0 Å². The van der Waals surface area contributed by atoms with Gasteiger partial charge in [-0.15, -0.1) is 11.6 Å². The Balaban J connectivity index is 2.05. The molecule has 2 rings (SSSR count). The van der Waals surface area contributed by atoms with E-state index in [1.807, 2.05) is 4.90 Å². The maximum atomic E-state index is 11.7. The van der Waals surface area contributed by atoms with E-state index in [4.69, 9.17) is 11.6 Å². The van der Waals surface area contributed by atoms with Crippen LogP contribution in [-0.2, 0) is 4.79 Å². The third kappa shape index (κ3) is 1.76. The smallest absolute Gasteiger partial charge is 0.240 e. The van der Waals surface area contributed by atoms with Gasteiger partial charge in [-0.2, -0.15) is 0 Å². The molecule has 1 amide bonds. The first-order valence-electron chi connectivity index (χ1n) is 5.63. The second kappa shape index (κ2) is 3.95. The van der Waals surface area contributed by atoms with Gasteiger partial charge in [0.1, 0.15) is 5.38 Å². The summed E-state index contributed by atoms with van der Waals surface area (Å²) in [5, 5.41) is 8.89. The van der Waals surface area contributed by atoms with E-state index < -0.39 is 5.38 Å². The Kier molecular flexibility index (Phi) is 2.95. The largest absolute Gasteiger partial charge is 0.396 e. The fraction of sp³-hybridized carbons (Fsp3) is 0.909. The number of aliphatic hydroxyl groups is 1. The van der Waals surface area contributed by atoms with E-state index in [0.717, 1.165) is 19.4 Å². The number of hydrogen-bond donors (Lipinski definition) is 1. The van der Waals surface area contributed by atoms with Crippen LogP contribution in [0, 0.1) is 11.3 Å². The molecule has 15 heavy (non-hydrogen) atoms. The van der Waals surface area contributed by atoms with Crippen molar-refractivity contribution in [2.75, 3.05) is 19.7 Å². The van der Waals surface area contributed by atoms with Crippen molar-refractivity contribution in [1.29, 1.82) is 0 Å². The van der Waals surface area contributed by atoms with Crippen molar-refractivity contribution in [3.63, 3.8) is 0 Å². The van der Waals surface area contributed by atoms with Gasteiger partial charge in [0.2, 0.25) is 5.91 Å². The van der Waals surface area contributed by atoms with Gasteiger partial charge in [-0.3, -0.25) is 4.79 Å². The molecule has 86 valence electrons. The first kappa shape index (κ1) is 11.2. The molecule has 1 aliphatic carbocycles. The molecule has 0 aromatic carbocycles. The van der Waals surface area contributed by atoms with E-state index in [0.29, 0.717) is 6.54 Å². The predicted molar refractivity (Wildman–Crippen MR) is 58.8 cm³/mol. The molecule has 0 bridgehead atoms. The van der Waals surface area contributed by atoms with Crippen molar-refractivity contribution < 1.29 is 9.90 Å². The van der Waals surface area contributed by atoms with Crippen molar-refractivity contribution >= 4 is 17.5 Å². The van der Waals surface area contributed by atoms with Crippen LogP contribution in [-0.4, -0.2) is 41.0 Å². The maximum Gasteiger partial charge on any atom is 0.240 e. The van der Waals surface area contributed by atoms with Gasteiger partial charge >= 0.3 is 0 Å². The average molecular weight is 232 g/mol. The molecule has 0 unspecified atom stereocenters. The summed E-state index contributed by atoms with van der Waals surface area (Å²) in [6.45, 7) is 3.39. The van der Waals surface area contributed by atoms with Crippen LogP contribution in [0.4, 0.5) is 0 Å². The van der Waals surface area contributed by atoms with Crippen LogP contribution in [0.2, 0.25) is 0 Å². The third-order valence-corrected chi connectivity index (χ3v) is 4.22. The zero-order valence-electron chi connectivity index (χ0n) is 9.08. The number of carbonyl (C=O) groups excluding carboxylic acids is 1. The van der Waals surface area contributed by atoms with E-state index in [2.05, 4.69) is 0 Å². The SMILES string of the molecule is C[C@H](Cl)C(=O)N1C[C@@H](CO)C2(CCC2)C1. The van der Waals surface area contributed by atoms with Crippen molar-refractivity contribution in [3.8, 4) is 0 Å². The molecule has 1 aliphatic heterocycles. The topological polar surface area (TPSA) is 40.5 Å². The summed E-state index contributed by atoms with van der Waals surface area (Å²) in [6.07, 6.45) is 3.53. The fourth-order valence-corrected chi connectivity index (χ4v) is 3.04. The molecule has 0 radical (unpaired) electrons. The number of alkyl halides is 1. The number of aliphatic hydroxyl groups excluding tert-OH is 1. The number of nitrogens with zero attached hydrogens (tertiary/aromatic N) is 1. The quantitative estimate of drug-likeness (QED) is 0.727. The molecule has 4 heteroatoms. The molecule has 3 nitrogen and oxygen atoms in total. The Morgan fingerprint density at radius 2 is 2.33 bits per heavy atom. The second-order valence-electron chi connectivity index (χ2n) is 4.93. The highest BCUT2D eigenvalue weighted by Crippen LogP contribution is 2.51. The zero-order chi connectivity index (χ0) is 11.1. The van der Waals surface area contributed by atoms with Crippen LogP contribution in [0.1, 0.15) is 26.2 Å². The third-order valence-electron chi connectivity index (χ3n) is 4.03. The molecule has 2 fully saturated rings. The number of hydrogen-bond acceptors (Lipinski definition) is 2. The van der Waals surface area contributed by atoms with Gasteiger partial charge in [0.05, 0.1) is 0 Å². The molecule has 2 aliphatic rings. The van der Waals surface area contributed by atoms with Crippen molar-refractivity contribution in [2.45, 2.75) is 31.6 Å². The van der Waals surface area contributed by atoms with Gasteiger partial charge in [-0.25, -0.2) is 0 Å². The average Bonchev–Trinajstić information content (AvgIpc) is 2.55. The highest BCUT2D eigenvalue weighted by Gasteiger charge is 2.51. The first-order chi connectivity index (χ1) is 7.09. The van der Waals surface area contributed by atoms with E-state index >= 15 is 0 Å². The summed E-state index contributed by atoms with van der Waals surface area (Å²) in [6, 6.07) is 0. The zero-order valence-corrected chi connectivity index (χ0v) is 9.83. The van der Waals surface area contributed by atoms with Gasteiger partial charge in [0.25, 0.3) is 0 Å². The van der Waals surface area contributed by atoms with E-state index in [1.165, 1.54) is 6.42 Å². The highest BCUT2D eigenvalue weighted by atomic mass is 35.5. The summed E-state index contributed by atoms with van der Waals surface area (Å²) < 4.78 is 0. The van der Waals surface area contributed by atoms with Gasteiger partial charge in [-0.1, -0.05) is 6.42 Å². The molecule has 1 heterocycles. The minimum Gasteiger partial charge on any atom is -0.396 e. The van der Waals surface area contributed by atoms with Crippen LogP contribution in [0.3, 0.4) is 0 Å². The van der Waals surface area contributed by atoms with Crippen LogP contribution in [0.15, 0.2) is 0 Å². The number of halogens is 1. The first-order valence-corrected chi connectivity index (χ1v) is 6.06. The van der Waals surface area contributed by atoms with Crippen molar-refractivity contribution in [2.24, 2.45) is 11.3 Å². The molecular weight excluding hydrogens is 214 g/mol. The number of amides is 1. The lowest BCUT2D eigenvalue weighted by Gasteiger charge is -2.42. The lowest BCUT2D eigenvalue weighted by Crippen LogP contribution is -2.40. The molecule has 2 atom stereocenters. The van der Waals surface area contributed by atoms with Gasteiger partial charge in [-0.05, 0) is 25.2 Å². The summed E-state index contributed by atoms with van der Waals surface area (Å²) in [4.78, 5) is 13.6. The number of rotatable bonds is 2. The Bertz CT molecular complexity index is 263. The Morgan fingerprint density at radius 3 is 2.67 bits per heavy atom. The predicted octanol–water partition coefficient (Wildman–Crippen LogP) is 1.23. The standard InChI is InChI=1S/C11H18ClNO2/c1-8(12)10(15)13-5-9(6-14)11(7-13)3-2-4-11/h8-9,14H,2-7H2,1H3/t8-,9-/m0/s1. The Labute approximate surface area is 95.4 Å². The molecular formula is C11H18ClNO2. The van der Waals surface area contributed by atoms with Gasteiger partial charge in [0, 0.05) is 25.6 Å². The van der Waals surface area contributed by atoms with Crippen LogP contribution < -0.4 is 0 Å². The van der Waals surface area contributed by atoms with Crippen LogP contribution >= 0.6 is 11.6 Å². The van der Waals surface area contributed by atoms with Crippen LogP contribution in [0.25, 0.3) is 0 Å². The van der Waals surface area contributed by atoms with E-state index in [9.17, 15) is 9.90 Å². The molecule has 1 spiro atoms. The van der Waals surface area contributed by atoms with E-state index in [-0.39, 0.29) is 23.8 Å². The summed E-state index contributed by atoms with van der Waals surface area (Å²) in [7, 11) is 0. The fourth-order valence-electron chi connectivity index (χ4n) is 2.90. The van der Waals surface area contributed by atoms with Crippen molar-refractivity contribution in [1.82, 2.24) is 4.90 Å². The molecule has 1 N–H and O–H groups in total. The number of carbonyl (C=O) groups is 1. The Hall–Kier alpha value is -0.280. The number of likely N-dealkylation sites (tertiary alicyclic amines) is 1. The minimum atomic E-state index is -0.445. The highest BCUT2D eigenvalue weighted by molar-refractivity contribution is 6.30. The molecule has 0 aromatic rings. The van der Waals surface area contributed by atoms with E-state index in [1.54, 1.807) is 6.92 Å². The summed E-state index contributed by atoms with van der Waals surface area (Å²) in [5.74, 6) is 0.282. The Morgan fingerprint density at radius 1 is 1.67 bits per heavy atom. The summed E-state index contributed by atoms with van der Waals surface area (Å²) >= 11 is 5.80. The van der Waals surface area contributed by atoms with Gasteiger partial charge < -0.3 is 10.0 Å². The van der Waals surface area contributed by atoms with Gasteiger partial charge in [0.15, 0.2) is 0 Å². The maximum absolute atomic E-state index is 11.7. The minimum absolute atomic E-state index is 0.0129. The molecule has 0 aromatic heterocycles. The lowest BCUT2D eigenvalue weighted by atomic mass is 9.63. The molecule has 1 saturated heterocycles. The molecule has 1 saturated carbocycles. The summed E-state index contributed by atoms with van der Waals surface area (Å²) in [5.41, 5.74) is 0.218.